The number of aliphatic carboxylic acids is 1. The van der Waals surface area contributed by atoms with E-state index in [1.165, 1.54) is 0 Å². The van der Waals surface area contributed by atoms with Gasteiger partial charge in [0.1, 0.15) is 18.7 Å². The third kappa shape index (κ3) is 6.17. The van der Waals surface area contributed by atoms with Crippen molar-refractivity contribution < 1.29 is 29.0 Å². The largest absolute Gasteiger partial charge is 0.480 e. The number of hydrogen-bond acceptors (Lipinski definition) is 5. The van der Waals surface area contributed by atoms with Gasteiger partial charge in [-0.1, -0.05) is 68.8 Å². The number of carbonyl (C=O) groups excluding carboxylic acids is 3. The fraction of sp³-hybridized carbons (Fsp3) is 0.385. The third-order valence-electron chi connectivity index (χ3n) is 6.41. The van der Waals surface area contributed by atoms with Crippen LogP contribution in [0, 0.1) is 5.92 Å². The zero-order valence-electron chi connectivity index (χ0n) is 19.8. The molecule has 35 heavy (non-hydrogen) atoms. The number of nitrogens with two attached hydrogens (primary N) is 1. The van der Waals surface area contributed by atoms with Crippen LogP contribution in [0.15, 0.2) is 48.5 Å². The number of carboxylic acids is 1. The van der Waals surface area contributed by atoms with E-state index in [1.807, 2.05) is 55.5 Å². The molecule has 5 N–H and O–H groups in total. The quantitative estimate of drug-likeness (QED) is 0.388. The molecule has 3 amide bonds. The van der Waals surface area contributed by atoms with Gasteiger partial charge < -0.3 is 26.2 Å². The molecule has 0 fully saturated rings. The second kappa shape index (κ2) is 11.5. The number of nitrogens with one attached hydrogen (secondary N) is 2. The first-order chi connectivity index (χ1) is 16.7. The monoisotopic (exact) mass is 481 g/mol. The first kappa shape index (κ1) is 25.7. The van der Waals surface area contributed by atoms with Gasteiger partial charge in [0.05, 0.1) is 0 Å². The molecular weight excluding hydrogens is 450 g/mol. The van der Waals surface area contributed by atoms with Crippen LogP contribution in [-0.4, -0.2) is 47.7 Å². The Hall–Kier alpha value is -3.88. The summed E-state index contributed by atoms with van der Waals surface area (Å²) in [5.41, 5.74) is 9.43. The summed E-state index contributed by atoms with van der Waals surface area (Å²) in [4.78, 5) is 48.1. The maximum Gasteiger partial charge on any atom is 0.407 e. The molecule has 0 aromatic heterocycles. The molecule has 0 saturated heterocycles. The van der Waals surface area contributed by atoms with Gasteiger partial charge in [0.2, 0.25) is 11.8 Å². The molecule has 2 aromatic carbocycles. The van der Waals surface area contributed by atoms with Crippen molar-refractivity contribution in [3.63, 3.8) is 0 Å². The van der Waals surface area contributed by atoms with Crippen LogP contribution >= 0.6 is 0 Å². The lowest BCUT2D eigenvalue weighted by atomic mass is 9.97. The number of fused-ring (bicyclic) bond motifs is 3. The van der Waals surface area contributed by atoms with Gasteiger partial charge in [-0.25, -0.2) is 9.59 Å². The minimum absolute atomic E-state index is 0.0884. The molecule has 0 heterocycles. The van der Waals surface area contributed by atoms with E-state index in [9.17, 15) is 24.3 Å². The molecule has 1 aliphatic carbocycles. The van der Waals surface area contributed by atoms with Gasteiger partial charge in [-0.15, -0.1) is 0 Å². The van der Waals surface area contributed by atoms with E-state index < -0.39 is 36.0 Å². The Bertz CT molecular complexity index is 1060. The summed E-state index contributed by atoms with van der Waals surface area (Å²) in [6.45, 7) is 3.71. The molecule has 0 radical (unpaired) electrons. The summed E-state index contributed by atoms with van der Waals surface area (Å²) in [7, 11) is 0. The van der Waals surface area contributed by atoms with Gasteiger partial charge in [-0.3, -0.25) is 9.59 Å². The number of rotatable bonds is 11. The van der Waals surface area contributed by atoms with E-state index in [0.29, 0.717) is 6.42 Å². The molecule has 2 aromatic rings. The van der Waals surface area contributed by atoms with Crippen LogP contribution in [0.4, 0.5) is 4.79 Å². The van der Waals surface area contributed by atoms with Crippen LogP contribution in [0.2, 0.25) is 0 Å². The highest BCUT2D eigenvalue weighted by atomic mass is 16.5. The Labute approximate surface area is 204 Å². The molecule has 0 saturated carbocycles. The van der Waals surface area contributed by atoms with E-state index in [1.54, 1.807) is 6.92 Å². The fourth-order valence-corrected chi connectivity index (χ4v) is 4.27. The molecule has 0 bridgehead atoms. The average Bonchev–Trinajstić information content (AvgIpc) is 3.16. The lowest BCUT2D eigenvalue weighted by molar-refractivity contribution is -0.142. The molecule has 0 spiro atoms. The Morgan fingerprint density at radius 3 is 2.09 bits per heavy atom. The van der Waals surface area contributed by atoms with E-state index in [-0.39, 0.29) is 31.3 Å². The first-order valence-electron chi connectivity index (χ1n) is 11.7. The van der Waals surface area contributed by atoms with Crippen molar-refractivity contribution in [1.82, 2.24) is 10.6 Å². The SMILES string of the molecule is CC[C@H](C)[C@H](NC(=O)OCC1c2ccccc2-c2ccccc21)C(=O)N[C@@H](CCC(N)=O)C(=O)O. The van der Waals surface area contributed by atoms with Gasteiger partial charge in [0, 0.05) is 12.3 Å². The van der Waals surface area contributed by atoms with E-state index in [4.69, 9.17) is 10.5 Å². The van der Waals surface area contributed by atoms with Crippen LogP contribution in [0.3, 0.4) is 0 Å². The zero-order valence-corrected chi connectivity index (χ0v) is 19.8. The summed E-state index contributed by atoms with van der Waals surface area (Å²) in [5.74, 6) is -3.04. The summed E-state index contributed by atoms with van der Waals surface area (Å²) >= 11 is 0. The highest BCUT2D eigenvalue weighted by Gasteiger charge is 2.32. The number of ether oxygens (including phenoxy) is 1. The molecule has 9 heteroatoms. The number of benzene rings is 2. The van der Waals surface area contributed by atoms with Gasteiger partial charge in [-0.05, 0) is 34.6 Å². The van der Waals surface area contributed by atoms with Crippen LogP contribution in [0.5, 0.6) is 0 Å². The molecule has 3 rings (SSSR count). The summed E-state index contributed by atoms with van der Waals surface area (Å²) in [6, 6.07) is 13.6. The highest BCUT2D eigenvalue weighted by Crippen LogP contribution is 2.44. The Kier molecular flexibility index (Phi) is 8.46. The third-order valence-corrected chi connectivity index (χ3v) is 6.41. The van der Waals surface area contributed by atoms with Gasteiger partial charge in [-0.2, -0.15) is 0 Å². The topological polar surface area (TPSA) is 148 Å². The molecule has 1 aliphatic rings. The zero-order chi connectivity index (χ0) is 25.5. The maximum atomic E-state index is 12.9. The second-order valence-corrected chi connectivity index (χ2v) is 8.74. The van der Waals surface area contributed by atoms with Gasteiger partial charge >= 0.3 is 12.1 Å². The van der Waals surface area contributed by atoms with E-state index in [2.05, 4.69) is 10.6 Å². The molecule has 0 aliphatic heterocycles. The molecule has 186 valence electrons. The first-order valence-corrected chi connectivity index (χ1v) is 11.7. The number of amides is 3. The standard InChI is InChI=1S/C26H31N3O6/c1-3-15(2)23(24(31)28-21(25(32)33)12-13-22(27)30)29-26(34)35-14-20-18-10-6-4-8-16(18)17-9-5-7-11-19(17)20/h4-11,15,20-21,23H,3,12-14H2,1-2H3,(H2,27,30)(H,28,31)(H,29,34)(H,32,33)/t15-,21-,23-/m0/s1. The van der Waals surface area contributed by atoms with Crippen molar-refractivity contribution in [3.05, 3.63) is 59.7 Å². The fourth-order valence-electron chi connectivity index (χ4n) is 4.27. The highest BCUT2D eigenvalue weighted by molar-refractivity contribution is 5.89. The maximum absolute atomic E-state index is 12.9. The second-order valence-electron chi connectivity index (χ2n) is 8.74. The Morgan fingerprint density at radius 2 is 1.57 bits per heavy atom. The average molecular weight is 482 g/mol. The Morgan fingerprint density at radius 1 is 1.00 bits per heavy atom. The minimum Gasteiger partial charge on any atom is -0.480 e. The number of carboxylic acid groups (broad SMARTS) is 1. The van der Waals surface area contributed by atoms with Crippen LogP contribution in [0.25, 0.3) is 11.1 Å². The summed E-state index contributed by atoms with van der Waals surface area (Å²) in [6.07, 6.45) is -0.545. The van der Waals surface area contributed by atoms with Gasteiger partial charge in [0.15, 0.2) is 0 Å². The van der Waals surface area contributed by atoms with Crippen molar-refractivity contribution in [3.8, 4) is 11.1 Å². The van der Waals surface area contributed by atoms with Crippen molar-refractivity contribution in [2.75, 3.05) is 6.61 Å². The number of alkyl carbamates (subject to hydrolysis) is 1. The van der Waals surface area contributed by atoms with Crippen molar-refractivity contribution in [2.24, 2.45) is 11.7 Å². The van der Waals surface area contributed by atoms with Crippen molar-refractivity contribution >= 4 is 23.9 Å². The minimum atomic E-state index is -1.30. The Balaban J connectivity index is 1.66. The molecule has 9 nitrogen and oxygen atoms in total. The van der Waals surface area contributed by atoms with Gasteiger partial charge in [0.25, 0.3) is 0 Å². The predicted molar refractivity (Wildman–Crippen MR) is 129 cm³/mol. The molecule has 3 atom stereocenters. The van der Waals surface area contributed by atoms with Crippen LogP contribution in [0.1, 0.15) is 50.2 Å². The lowest BCUT2D eigenvalue weighted by Crippen LogP contribution is -2.54. The van der Waals surface area contributed by atoms with E-state index in [0.717, 1.165) is 22.3 Å². The summed E-state index contributed by atoms with van der Waals surface area (Å²) < 4.78 is 5.54. The van der Waals surface area contributed by atoms with Crippen LogP contribution in [-0.2, 0) is 19.1 Å². The number of primary amides is 1. The predicted octanol–water partition coefficient (Wildman–Crippen LogP) is 2.77. The number of carbonyl (C=O) groups is 4. The normalized spacial score (nSPS) is 14.7. The summed E-state index contributed by atoms with van der Waals surface area (Å²) in [5, 5.41) is 14.4. The van der Waals surface area contributed by atoms with Crippen LogP contribution < -0.4 is 16.4 Å². The smallest absolute Gasteiger partial charge is 0.407 e. The lowest BCUT2D eigenvalue weighted by Gasteiger charge is -2.25. The van der Waals surface area contributed by atoms with Crippen molar-refractivity contribution in [1.29, 1.82) is 0 Å². The molecule has 0 unspecified atom stereocenters. The van der Waals surface area contributed by atoms with E-state index >= 15 is 0 Å². The van der Waals surface area contributed by atoms with Crippen molar-refractivity contribution in [2.45, 2.75) is 51.1 Å². The molecular formula is C26H31N3O6. The number of hydrogen-bond donors (Lipinski definition) is 4.